The van der Waals surface area contributed by atoms with Crippen LogP contribution < -0.4 is 10.1 Å². The molecule has 0 radical (unpaired) electrons. The van der Waals surface area contributed by atoms with E-state index in [-0.39, 0.29) is 11.9 Å². The second kappa shape index (κ2) is 5.50. The highest BCUT2D eigenvalue weighted by Gasteiger charge is 2.18. The highest BCUT2D eigenvalue weighted by atomic mass is 19.1. The molecule has 0 spiro atoms. The molecule has 0 saturated heterocycles. The predicted molar refractivity (Wildman–Crippen MR) is 66.8 cm³/mol. The molecule has 1 aliphatic rings. The van der Waals surface area contributed by atoms with E-state index in [9.17, 15) is 4.39 Å². The first-order chi connectivity index (χ1) is 8.20. The Morgan fingerprint density at radius 3 is 2.65 bits per heavy atom. The second-order valence-corrected chi connectivity index (χ2v) is 4.76. The zero-order valence-corrected chi connectivity index (χ0v) is 10.5. The largest absolute Gasteiger partial charge is 0.494 e. The van der Waals surface area contributed by atoms with Crippen molar-refractivity contribution in [2.75, 3.05) is 7.11 Å². The van der Waals surface area contributed by atoms with Crippen molar-refractivity contribution >= 4 is 0 Å². The van der Waals surface area contributed by atoms with Crippen LogP contribution >= 0.6 is 0 Å². The maximum absolute atomic E-state index is 13.6. The predicted octanol–water partition coefficient (Wildman–Crippen LogP) is 3.43. The molecule has 1 saturated carbocycles. The summed E-state index contributed by atoms with van der Waals surface area (Å²) >= 11 is 0. The van der Waals surface area contributed by atoms with E-state index in [2.05, 4.69) is 12.2 Å². The standard InChI is InChI=1S/C14H20FNO/c1-10(16-12-5-3-4-6-12)11-7-8-14(17-2)13(15)9-11/h7-10,12,16H,3-6H2,1-2H3/t10-/m1/s1. The Labute approximate surface area is 102 Å². The summed E-state index contributed by atoms with van der Waals surface area (Å²) < 4.78 is 18.5. The third kappa shape index (κ3) is 2.97. The van der Waals surface area contributed by atoms with Crippen molar-refractivity contribution in [1.29, 1.82) is 0 Å². The van der Waals surface area contributed by atoms with E-state index in [0.717, 1.165) is 5.56 Å². The average Bonchev–Trinajstić information content (AvgIpc) is 2.81. The fraction of sp³-hybridized carbons (Fsp3) is 0.571. The molecule has 0 aliphatic heterocycles. The van der Waals surface area contributed by atoms with E-state index in [1.54, 1.807) is 12.1 Å². The quantitative estimate of drug-likeness (QED) is 0.866. The molecule has 2 rings (SSSR count). The third-order valence-electron chi connectivity index (χ3n) is 3.52. The molecule has 0 amide bonds. The van der Waals surface area contributed by atoms with Gasteiger partial charge in [-0.3, -0.25) is 0 Å². The Balaban J connectivity index is 2.02. The lowest BCUT2D eigenvalue weighted by molar-refractivity contribution is 0.385. The monoisotopic (exact) mass is 237 g/mol. The van der Waals surface area contributed by atoms with Gasteiger partial charge < -0.3 is 10.1 Å². The maximum Gasteiger partial charge on any atom is 0.165 e. The molecule has 1 aromatic carbocycles. The molecule has 2 nitrogen and oxygen atoms in total. The van der Waals surface area contributed by atoms with Crippen molar-refractivity contribution < 1.29 is 9.13 Å². The molecule has 94 valence electrons. The SMILES string of the molecule is COc1ccc([C@@H](C)NC2CCCC2)cc1F. The van der Waals surface area contributed by atoms with Crippen LogP contribution in [0.2, 0.25) is 0 Å². The normalized spacial score (nSPS) is 18.3. The fourth-order valence-corrected chi connectivity index (χ4v) is 2.49. The van der Waals surface area contributed by atoms with Gasteiger partial charge in [-0.05, 0) is 37.5 Å². The third-order valence-corrected chi connectivity index (χ3v) is 3.52. The molecular weight excluding hydrogens is 217 g/mol. The van der Waals surface area contributed by atoms with Gasteiger partial charge in [-0.15, -0.1) is 0 Å². The molecule has 0 aromatic heterocycles. The highest BCUT2D eigenvalue weighted by Crippen LogP contribution is 2.24. The van der Waals surface area contributed by atoms with Gasteiger partial charge in [-0.2, -0.15) is 0 Å². The van der Waals surface area contributed by atoms with Crippen LogP contribution in [0.15, 0.2) is 18.2 Å². The van der Waals surface area contributed by atoms with Gasteiger partial charge in [0.25, 0.3) is 0 Å². The van der Waals surface area contributed by atoms with Gasteiger partial charge in [-0.25, -0.2) is 4.39 Å². The van der Waals surface area contributed by atoms with Crippen LogP contribution in [0.25, 0.3) is 0 Å². The number of halogens is 1. The number of nitrogens with one attached hydrogen (secondary N) is 1. The van der Waals surface area contributed by atoms with Crippen molar-refractivity contribution in [2.24, 2.45) is 0 Å². The Bertz CT molecular complexity index is 374. The maximum atomic E-state index is 13.6. The Kier molecular flexibility index (Phi) is 4.00. The Morgan fingerprint density at radius 2 is 2.06 bits per heavy atom. The number of benzene rings is 1. The van der Waals surface area contributed by atoms with Crippen LogP contribution in [0, 0.1) is 5.82 Å². The molecule has 0 heterocycles. The molecule has 1 aliphatic carbocycles. The molecule has 0 unspecified atom stereocenters. The van der Waals surface area contributed by atoms with Crippen LogP contribution in [0.3, 0.4) is 0 Å². The summed E-state index contributed by atoms with van der Waals surface area (Å²) in [4.78, 5) is 0. The smallest absolute Gasteiger partial charge is 0.165 e. The zero-order valence-electron chi connectivity index (χ0n) is 10.5. The fourth-order valence-electron chi connectivity index (χ4n) is 2.49. The molecule has 1 atom stereocenters. The summed E-state index contributed by atoms with van der Waals surface area (Å²) in [5, 5.41) is 3.55. The van der Waals surface area contributed by atoms with Crippen molar-refractivity contribution in [1.82, 2.24) is 5.32 Å². The Morgan fingerprint density at radius 1 is 1.35 bits per heavy atom. The number of rotatable bonds is 4. The van der Waals surface area contributed by atoms with Gasteiger partial charge in [0.1, 0.15) is 0 Å². The lowest BCUT2D eigenvalue weighted by atomic mass is 10.1. The average molecular weight is 237 g/mol. The van der Waals surface area contributed by atoms with Crippen LogP contribution in [0.1, 0.15) is 44.2 Å². The van der Waals surface area contributed by atoms with E-state index in [4.69, 9.17) is 4.74 Å². The molecule has 3 heteroatoms. The van der Waals surface area contributed by atoms with Gasteiger partial charge >= 0.3 is 0 Å². The molecule has 1 N–H and O–H groups in total. The summed E-state index contributed by atoms with van der Waals surface area (Å²) in [5.74, 6) is 0.0203. The second-order valence-electron chi connectivity index (χ2n) is 4.76. The lowest BCUT2D eigenvalue weighted by Crippen LogP contribution is -2.28. The van der Waals surface area contributed by atoms with Gasteiger partial charge in [0.05, 0.1) is 7.11 Å². The minimum atomic E-state index is -0.287. The lowest BCUT2D eigenvalue weighted by Gasteiger charge is -2.20. The molecule has 17 heavy (non-hydrogen) atoms. The summed E-state index contributed by atoms with van der Waals surface area (Å²) in [6.07, 6.45) is 5.09. The van der Waals surface area contributed by atoms with E-state index >= 15 is 0 Å². The zero-order chi connectivity index (χ0) is 12.3. The number of ether oxygens (including phenoxy) is 1. The van der Waals surface area contributed by atoms with Crippen molar-refractivity contribution in [3.63, 3.8) is 0 Å². The number of hydrogen-bond acceptors (Lipinski definition) is 2. The van der Waals surface area contributed by atoms with E-state index < -0.39 is 0 Å². The van der Waals surface area contributed by atoms with Crippen LogP contribution in [0.5, 0.6) is 5.75 Å². The molecular formula is C14H20FNO. The first-order valence-electron chi connectivity index (χ1n) is 6.30. The van der Waals surface area contributed by atoms with Crippen LogP contribution in [0.4, 0.5) is 4.39 Å². The molecule has 0 bridgehead atoms. The van der Waals surface area contributed by atoms with Gasteiger partial charge in [0, 0.05) is 12.1 Å². The van der Waals surface area contributed by atoms with Crippen molar-refractivity contribution in [3.8, 4) is 5.75 Å². The number of hydrogen-bond donors (Lipinski definition) is 1. The summed E-state index contributed by atoms with van der Waals surface area (Å²) in [6.45, 7) is 2.08. The minimum absolute atomic E-state index is 0.193. The van der Waals surface area contributed by atoms with Gasteiger partial charge in [0.15, 0.2) is 11.6 Å². The minimum Gasteiger partial charge on any atom is -0.494 e. The van der Waals surface area contributed by atoms with Crippen molar-refractivity contribution in [3.05, 3.63) is 29.6 Å². The summed E-state index contributed by atoms with van der Waals surface area (Å²) in [7, 11) is 1.48. The van der Waals surface area contributed by atoms with Crippen LogP contribution in [-0.2, 0) is 0 Å². The van der Waals surface area contributed by atoms with Crippen molar-refractivity contribution in [2.45, 2.75) is 44.7 Å². The Hall–Kier alpha value is -1.09. The topological polar surface area (TPSA) is 21.3 Å². The molecule has 1 aromatic rings. The first kappa shape index (κ1) is 12.4. The summed E-state index contributed by atoms with van der Waals surface area (Å²) in [5.41, 5.74) is 0.982. The van der Waals surface area contributed by atoms with E-state index in [0.29, 0.717) is 11.8 Å². The first-order valence-corrected chi connectivity index (χ1v) is 6.30. The van der Waals surface area contributed by atoms with E-state index in [1.807, 2.05) is 6.07 Å². The van der Waals surface area contributed by atoms with Gasteiger partial charge in [0.2, 0.25) is 0 Å². The molecule has 1 fully saturated rings. The summed E-state index contributed by atoms with van der Waals surface area (Å²) in [6, 6.07) is 5.96. The van der Waals surface area contributed by atoms with Crippen LogP contribution in [-0.4, -0.2) is 13.2 Å². The van der Waals surface area contributed by atoms with Gasteiger partial charge in [-0.1, -0.05) is 18.9 Å². The van der Waals surface area contributed by atoms with E-state index in [1.165, 1.54) is 32.8 Å². The highest BCUT2D eigenvalue weighted by molar-refractivity contribution is 5.30. The number of methoxy groups -OCH3 is 1.